The molecule has 2 heterocycles. The Bertz CT molecular complexity index is 940. The van der Waals surface area contributed by atoms with E-state index in [9.17, 15) is 4.79 Å². The van der Waals surface area contributed by atoms with E-state index in [4.69, 9.17) is 4.98 Å². The molecule has 0 aliphatic carbocycles. The van der Waals surface area contributed by atoms with Crippen LogP contribution in [0.1, 0.15) is 40.4 Å². The number of likely N-dealkylation sites (tertiary alicyclic amines) is 1. The van der Waals surface area contributed by atoms with Gasteiger partial charge in [0.05, 0.1) is 5.69 Å². The second kappa shape index (κ2) is 8.21. The SMILES string of the molecule is Cc1ccc(Nc2nccc([C@H]3CCCN(C(=O)c4ccccc4)C3)n2)cc1. The van der Waals surface area contributed by atoms with Crippen molar-refractivity contribution < 1.29 is 4.79 Å². The summed E-state index contributed by atoms with van der Waals surface area (Å²) < 4.78 is 0. The fraction of sp³-hybridized carbons (Fsp3) is 0.261. The van der Waals surface area contributed by atoms with Gasteiger partial charge < -0.3 is 10.2 Å². The molecular weight excluding hydrogens is 348 g/mol. The minimum atomic E-state index is 0.0948. The summed E-state index contributed by atoms with van der Waals surface area (Å²) in [5.41, 5.74) is 3.90. The molecule has 1 aliphatic heterocycles. The van der Waals surface area contributed by atoms with Crippen molar-refractivity contribution in [3.05, 3.63) is 83.7 Å². The number of aryl methyl sites for hydroxylation is 1. The van der Waals surface area contributed by atoms with Gasteiger partial charge in [-0.2, -0.15) is 0 Å². The number of piperidine rings is 1. The highest BCUT2D eigenvalue weighted by Crippen LogP contribution is 2.27. The van der Waals surface area contributed by atoms with E-state index in [0.29, 0.717) is 12.5 Å². The lowest BCUT2D eigenvalue weighted by Gasteiger charge is -2.32. The average Bonchev–Trinajstić information content (AvgIpc) is 2.76. The van der Waals surface area contributed by atoms with Crippen LogP contribution in [0.4, 0.5) is 11.6 Å². The molecule has 28 heavy (non-hydrogen) atoms. The number of rotatable bonds is 4. The highest BCUT2D eigenvalue weighted by atomic mass is 16.2. The summed E-state index contributed by atoms with van der Waals surface area (Å²) in [6, 6.07) is 19.6. The highest BCUT2D eigenvalue weighted by molar-refractivity contribution is 5.94. The molecule has 1 aliphatic rings. The molecule has 0 radical (unpaired) electrons. The van der Waals surface area contributed by atoms with E-state index in [-0.39, 0.29) is 11.8 Å². The Balaban J connectivity index is 1.47. The van der Waals surface area contributed by atoms with Crippen LogP contribution in [-0.4, -0.2) is 33.9 Å². The van der Waals surface area contributed by atoms with Crippen LogP contribution in [0.25, 0.3) is 0 Å². The number of hydrogen-bond acceptors (Lipinski definition) is 4. The number of nitrogens with one attached hydrogen (secondary N) is 1. The number of benzene rings is 2. The third-order valence-electron chi connectivity index (χ3n) is 5.13. The number of anilines is 2. The van der Waals surface area contributed by atoms with Crippen molar-refractivity contribution in [2.75, 3.05) is 18.4 Å². The predicted octanol–water partition coefficient (Wildman–Crippen LogP) is 4.55. The van der Waals surface area contributed by atoms with Crippen molar-refractivity contribution >= 4 is 17.5 Å². The van der Waals surface area contributed by atoms with E-state index in [2.05, 4.69) is 29.4 Å². The van der Waals surface area contributed by atoms with Crippen LogP contribution < -0.4 is 5.32 Å². The van der Waals surface area contributed by atoms with Gasteiger partial charge in [0.2, 0.25) is 5.95 Å². The van der Waals surface area contributed by atoms with Gasteiger partial charge in [0.25, 0.3) is 5.91 Å². The quantitative estimate of drug-likeness (QED) is 0.730. The fourth-order valence-corrected chi connectivity index (χ4v) is 3.59. The number of hydrogen-bond donors (Lipinski definition) is 1. The molecule has 2 aromatic carbocycles. The first-order valence-electron chi connectivity index (χ1n) is 9.70. The molecule has 1 amide bonds. The van der Waals surface area contributed by atoms with E-state index in [1.165, 1.54) is 5.56 Å². The molecule has 1 atom stereocenters. The third kappa shape index (κ3) is 4.19. The van der Waals surface area contributed by atoms with Crippen molar-refractivity contribution in [2.24, 2.45) is 0 Å². The Labute approximate surface area is 165 Å². The van der Waals surface area contributed by atoms with Gasteiger partial charge in [0.15, 0.2) is 0 Å². The van der Waals surface area contributed by atoms with Gasteiger partial charge in [-0.15, -0.1) is 0 Å². The summed E-state index contributed by atoms with van der Waals surface area (Å²) >= 11 is 0. The number of carbonyl (C=O) groups excluding carboxylic acids is 1. The first-order valence-corrected chi connectivity index (χ1v) is 9.70. The molecule has 0 spiro atoms. The number of amides is 1. The summed E-state index contributed by atoms with van der Waals surface area (Å²) in [4.78, 5) is 23.8. The van der Waals surface area contributed by atoms with Crippen LogP contribution in [-0.2, 0) is 0 Å². The molecule has 0 saturated carbocycles. The summed E-state index contributed by atoms with van der Waals surface area (Å²) in [6.45, 7) is 3.55. The maximum atomic E-state index is 12.8. The molecule has 1 saturated heterocycles. The number of aromatic nitrogens is 2. The Morgan fingerprint density at radius 1 is 1.07 bits per heavy atom. The van der Waals surface area contributed by atoms with Crippen LogP contribution in [0.3, 0.4) is 0 Å². The van der Waals surface area contributed by atoms with Crippen molar-refractivity contribution in [2.45, 2.75) is 25.7 Å². The largest absolute Gasteiger partial charge is 0.338 e. The van der Waals surface area contributed by atoms with E-state index in [0.717, 1.165) is 36.3 Å². The summed E-state index contributed by atoms with van der Waals surface area (Å²) in [7, 11) is 0. The zero-order valence-corrected chi connectivity index (χ0v) is 16.0. The van der Waals surface area contributed by atoms with Gasteiger partial charge in [0, 0.05) is 36.5 Å². The Hall–Kier alpha value is -3.21. The summed E-state index contributed by atoms with van der Waals surface area (Å²) in [5, 5.41) is 3.27. The van der Waals surface area contributed by atoms with E-state index in [1.807, 2.05) is 53.4 Å². The molecular formula is C23H24N4O. The molecule has 5 nitrogen and oxygen atoms in total. The molecule has 1 fully saturated rings. The zero-order valence-electron chi connectivity index (χ0n) is 16.0. The summed E-state index contributed by atoms with van der Waals surface area (Å²) in [6.07, 6.45) is 3.80. The van der Waals surface area contributed by atoms with Gasteiger partial charge in [-0.05, 0) is 50.1 Å². The van der Waals surface area contributed by atoms with Crippen molar-refractivity contribution in [3.63, 3.8) is 0 Å². The number of carbonyl (C=O) groups is 1. The van der Waals surface area contributed by atoms with Gasteiger partial charge in [-0.25, -0.2) is 9.97 Å². The van der Waals surface area contributed by atoms with Crippen molar-refractivity contribution in [3.8, 4) is 0 Å². The molecule has 142 valence electrons. The van der Waals surface area contributed by atoms with Crippen LogP contribution >= 0.6 is 0 Å². The van der Waals surface area contributed by atoms with Crippen LogP contribution in [0.5, 0.6) is 0 Å². The third-order valence-corrected chi connectivity index (χ3v) is 5.13. The number of nitrogens with zero attached hydrogens (tertiary/aromatic N) is 3. The summed E-state index contributed by atoms with van der Waals surface area (Å²) in [5.74, 6) is 0.910. The zero-order chi connectivity index (χ0) is 19.3. The van der Waals surface area contributed by atoms with Crippen LogP contribution in [0, 0.1) is 6.92 Å². The van der Waals surface area contributed by atoms with Crippen molar-refractivity contribution in [1.29, 1.82) is 0 Å². The molecule has 0 bridgehead atoms. The normalized spacial score (nSPS) is 16.6. The monoisotopic (exact) mass is 372 g/mol. The standard InChI is InChI=1S/C23H24N4O/c1-17-9-11-20(12-10-17)25-23-24-14-13-21(26-23)19-8-5-15-27(16-19)22(28)18-6-3-2-4-7-18/h2-4,6-7,9-14,19H,5,8,15-16H2,1H3,(H,24,25,26)/t19-/m0/s1. The fourth-order valence-electron chi connectivity index (χ4n) is 3.59. The first-order chi connectivity index (χ1) is 13.7. The topological polar surface area (TPSA) is 58.1 Å². The molecule has 1 N–H and O–H groups in total. The van der Waals surface area contributed by atoms with Gasteiger partial charge in [-0.3, -0.25) is 4.79 Å². The minimum absolute atomic E-state index is 0.0948. The maximum Gasteiger partial charge on any atom is 0.253 e. The van der Waals surface area contributed by atoms with Gasteiger partial charge in [-0.1, -0.05) is 35.9 Å². The van der Waals surface area contributed by atoms with Crippen LogP contribution in [0.15, 0.2) is 66.9 Å². The molecule has 0 unspecified atom stereocenters. The second-order valence-electron chi connectivity index (χ2n) is 7.25. The van der Waals surface area contributed by atoms with Crippen LogP contribution in [0.2, 0.25) is 0 Å². The van der Waals surface area contributed by atoms with Gasteiger partial charge in [0.1, 0.15) is 0 Å². The Kier molecular flexibility index (Phi) is 5.33. The predicted molar refractivity (Wildman–Crippen MR) is 111 cm³/mol. The lowest BCUT2D eigenvalue weighted by molar-refractivity contribution is 0.0706. The average molecular weight is 372 g/mol. The van der Waals surface area contributed by atoms with E-state index >= 15 is 0 Å². The second-order valence-corrected chi connectivity index (χ2v) is 7.25. The Morgan fingerprint density at radius 3 is 2.64 bits per heavy atom. The van der Waals surface area contributed by atoms with E-state index in [1.54, 1.807) is 6.20 Å². The molecule has 1 aromatic heterocycles. The molecule has 4 rings (SSSR count). The molecule has 3 aromatic rings. The van der Waals surface area contributed by atoms with Crippen molar-refractivity contribution in [1.82, 2.24) is 14.9 Å². The highest BCUT2D eigenvalue weighted by Gasteiger charge is 2.26. The van der Waals surface area contributed by atoms with E-state index < -0.39 is 0 Å². The van der Waals surface area contributed by atoms with Gasteiger partial charge >= 0.3 is 0 Å². The Morgan fingerprint density at radius 2 is 1.86 bits per heavy atom. The lowest BCUT2D eigenvalue weighted by atomic mass is 9.94. The lowest BCUT2D eigenvalue weighted by Crippen LogP contribution is -2.39. The smallest absolute Gasteiger partial charge is 0.253 e. The first kappa shape index (κ1) is 18.2. The molecule has 5 heteroatoms. The maximum absolute atomic E-state index is 12.8. The minimum Gasteiger partial charge on any atom is -0.338 e.